The summed E-state index contributed by atoms with van der Waals surface area (Å²) in [6, 6.07) is 14.0. The van der Waals surface area contributed by atoms with Crippen molar-refractivity contribution in [1.29, 1.82) is 0 Å². The Kier molecular flexibility index (Phi) is 6.87. The van der Waals surface area contributed by atoms with Gasteiger partial charge in [-0.15, -0.1) is 0 Å². The topological polar surface area (TPSA) is 26.8 Å². The SMILES string of the molecule is Cc1ccc(Cl)cc1N1CCN(C(=O)C2CCCN(Cc3ccc(Cl)cc3)C2)CC1. The van der Waals surface area contributed by atoms with Crippen molar-refractivity contribution in [2.45, 2.75) is 26.3 Å². The summed E-state index contributed by atoms with van der Waals surface area (Å²) < 4.78 is 0. The van der Waals surface area contributed by atoms with Gasteiger partial charge < -0.3 is 9.80 Å². The van der Waals surface area contributed by atoms with E-state index in [1.54, 1.807) is 0 Å². The molecular formula is C24H29Cl2N3O. The van der Waals surface area contributed by atoms with Crippen LogP contribution in [0.2, 0.25) is 10.0 Å². The molecule has 4 rings (SSSR count). The van der Waals surface area contributed by atoms with E-state index in [-0.39, 0.29) is 5.92 Å². The molecule has 2 heterocycles. The highest BCUT2D eigenvalue weighted by Crippen LogP contribution is 2.27. The Balaban J connectivity index is 1.32. The van der Waals surface area contributed by atoms with E-state index < -0.39 is 0 Å². The fourth-order valence-corrected chi connectivity index (χ4v) is 4.89. The van der Waals surface area contributed by atoms with Gasteiger partial charge in [0.05, 0.1) is 5.92 Å². The van der Waals surface area contributed by atoms with Crippen LogP contribution in [0, 0.1) is 12.8 Å². The number of anilines is 1. The minimum atomic E-state index is 0.102. The second kappa shape index (κ2) is 9.59. The summed E-state index contributed by atoms with van der Waals surface area (Å²) >= 11 is 12.2. The van der Waals surface area contributed by atoms with Crippen LogP contribution in [-0.2, 0) is 11.3 Å². The van der Waals surface area contributed by atoms with Crippen LogP contribution in [-0.4, -0.2) is 55.0 Å². The van der Waals surface area contributed by atoms with Gasteiger partial charge in [-0.3, -0.25) is 9.69 Å². The lowest BCUT2D eigenvalue weighted by atomic mass is 9.95. The molecule has 2 saturated heterocycles. The molecule has 2 aliphatic rings. The van der Waals surface area contributed by atoms with Gasteiger partial charge in [0.2, 0.25) is 5.91 Å². The molecule has 2 aromatic rings. The third-order valence-corrected chi connectivity index (χ3v) is 6.76. The minimum Gasteiger partial charge on any atom is -0.368 e. The number of carbonyl (C=O) groups excluding carboxylic acids is 1. The van der Waals surface area contributed by atoms with E-state index in [0.29, 0.717) is 5.91 Å². The highest BCUT2D eigenvalue weighted by molar-refractivity contribution is 6.31. The number of hydrogen-bond donors (Lipinski definition) is 0. The quantitative estimate of drug-likeness (QED) is 0.671. The van der Waals surface area contributed by atoms with Gasteiger partial charge in [0.1, 0.15) is 0 Å². The third-order valence-electron chi connectivity index (χ3n) is 6.28. The maximum Gasteiger partial charge on any atom is 0.227 e. The zero-order chi connectivity index (χ0) is 21.1. The molecule has 2 aromatic carbocycles. The highest BCUT2D eigenvalue weighted by atomic mass is 35.5. The molecule has 0 bridgehead atoms. The second-order valence-electron chi connectivity index (χ2n) is 8.44. The number of carbonyl (C=O) groups is 1. The lowest BCUT2D eigenvalue weighted by Gasteiger charge is -2.40. The average molecular weight is 446 g/mol. The van der Waals surface area contributed by atoms with Crippen molar-refractivity contribution >= 4 is 34.8 Å². The first-order chi connectivity index (χ1) is 14.5. The monoisotopic (exact) mass is 445 g/mol. The number of nitrogens with zero attached hydrogens (tertiary/aromatic N) is 3. The molecule has 0 spiro atoms. The summed E-state index contributed by atoms with van der Waals surface area (Å²) in [6.07, 6.45) is 2.06. The maximum atomic E-state index is 13.2. The van der Waals surface area contributed by atoms with Crippen LogP contribution < -0.4 is 4.90 Å². The molecule has 1 amide bonds. The van der Waals surface area contributed by atoms with Crippen LogP contribution in [0.3, 0.4) is 0 Å². The Morgan fingerprint density at radius 2 is 1.67 bits per heavy atom. The van der Waals surface area contributed by atoms with Crippen LogP contribution in [0.25, 0.3) is 0 Å². The standard InChI is InChI=1S/C24H29Cl2N3O/c1-18-4-7-22(26)15-23(18)28-11-13-29(14-12-28)24(30)20-3-2-10-27(17-20)16-19-5-8-21(25)9-6-19/h4-9,15,20H,2-3,10-14,16-17H2,1H3. The van der Waals surface area contributed by atoms with Gasteiger partial charge >= 0.3 is 0 Å². The number of piperidine rings is 1. The zero-order valence-corrected chi connectivity index (χ0v) is 19.0. The Labute approximate surface area is 189 Å². The van der Waals surface area contributed by atoms with Crippen molar-refractivity contribution in [3.63, 3.8) is 0 Å². The average Bonchev–Trinajstić information content (AvgIpc) is 2.77. The molecule has 0 aromatic heterocycles. The lowest BCUT2D eigenvalue weighted by molar-refractivity contribution is -0.137. The summed E-state index contributed by atoms with van der Waals surface area (Å²) in [4.78, 5) is 20.0. The van der Waals surface area contributed by atoms with E-state index >= 15 is 0 Å². The highest BCUT2D eigenvalue weighted by Gasteiger charge is 2.31. The summed E-state index contributed by atoms with van der Waals surface area (Å²) in [6.45, 7) is 8.14. The molecule has 6 heteroatoms. The predicted octanol–water partition coefficient (Wildman–Crippen LogP) is 4.86. The second-order valence-corrected chi connectivity index (χ2v) is 9.32. The molecule has 0 saturated carbocycles. The van der Waals surface area contributed by atoms with E-state index in [0.717, 1.165) is 68.7 Å². The number of halogens is 2. The molecule has 0 N–H and O–H groups in total. The number of rotatable bonds is 4. The van der Waals surface area contributed by atoms with Crippen LogP contribution >= 0.6 is 23.2 Å². The largest absolute Gasteiger partial charge is 0.368 e. The predicted molar refractivity (Wildman–Crippen MR) is 124 cm³/mol. The smallest absolute Gasteiger partial charge is 0.227 e. The molecule has 30 heavy (non-hydrogen) atoms. The summed E-state index contributed by atoms with van der Waals surface area (Å²) in [7, 11) is 0. The molecular weight excluding hydrogens is 417 g/mol. The van der Waals surface area contributed by atoms with Crippen LogP contribution in [0.15, 0.2) is 42.5 Å². The van der Waals surface area contributed by atoms with E-state index in [2.05, 4.69) is 39.8 Å². The normalized spacial score (nSPS) is 20.4. The van der Waals surface area contributed by atoms with Crippen molar-refractivity contribution in [1.82, 2.24) is 9.80 Å². The first-order valence-electron chi connectivity index (χ1n) is 10.8. The van der Waals surface area contributed by atoms with Crippen molar-refractivity contribution in [3.05, 3.63) is 63.6 Å². The van der Waals surface area contributed by atoms with Gasteiger partial charge in [-0.25, -0.2) is 0 Å². The maximum absolute atomic E-state index is 13.2. The molecule has 1 atom stereocenters. The van der Waals surface area contributed by atoms with E-state index in [9.17, 15) is 4.79 Å². The molecule has 160 valence electrons. The van der Waals surface area contributed by atoms with Crippen LogP contribution in [0.5, 0.6) is 0 Å². The molecule has 0 radical (unpaired) electrons. The van der Waals surface area contributed by atoms with E-state index in [1.165, 1.54) is 16.8 Å². The molecule has 4 nitrogen and oxygen atoms in total. The Morgan fingerprint density at radius 3 is 2.40 bits per heavy atom. The van der Waals surface area contributed by atoms with Gasteiger partial charge in [0, 0.05) is 55.0 Å². The molecule has 2 fully saturated rings. The number of likely N-dealkylation sites (tertiary alicyclic amines) is 1. The number of aryl methyl sites for hydroxylation is 1. The van der Waals surface area contributed by atoms with Crippen LogP contribution in [0.4, 0.5) is 5.69 Å². The third kappa shape index (κ3) is 5.11. The fourth-order valence-electron chi connectivity index (χ4n) is 4.60. The molecule has 1 unspecified atom stereocenters. The number of piperazine rings is 1. The first kappa shape index (κ1) is 21.5. The van der Waals surface area contributed by atoms with Gasteiger partial charge in [-0.2, -0.15) is 0 Å². The number of benzene rings is 2. The first-order valence-corrected chi connectivity index (χ1v) is 11.5. The van der Waals surface area contributed by atoms with Gasteiger partial charge in [0.25, 0.3) is 0 Å². The molecule has 2 aliphatic heterocycles. The van der Waals surface area contributed by atoms with Crippen LogP contribution in [0.1, 0.15) is 24.0 Å². The van der Waals surface area contributed by atoms with E-state index in [1.807, 2.05) is 24.3 Å². The molecule has 0 aliphatic carbocycles. The Hall–Kier alpha value is -1.75. The number of amides is 1. The van der Waals surface area contributed by atoms with Crippen molar-refractivity contribution in [2.24, 2.45) is 5.92 Å². The van der Waals surface area contributed by atoms with E-state index in [4.69, 9.17) is 23.2 Å². The van der Waals surface area contributed by atoms with Crippen molar-refractivity contribution in [3.8, 4) is 0 Å². The lowest BCUT2D eigenvalue weighted by Crippen LogP contribution is -2.52. The van der Waals surface area contributed by atoms with Gasteiger partial charge in [-0.1, -0.05) is 41.4 Å². The number of hydrogen-bond acceptors (Lipinski definition) is 3. The summed E-state index contributed by atoms with van der Waals surface area (Å²) in [5, 5.41) is 1.52. The Morgan fingerprint density at radius 1 is 0.967 bits per heavy atom. The van der Waals surface area contributed by atoms with Gasteiger partial charge in [0.15, 0.2) is 0 Å². The fraction of sp³-hybridized carbons (Fsp3) is 0.458. The Bertz CT molecular complexity index is 879. The van der Waals surface area contributed by atoms with Crippen molar-refractivity contribution < 1.29 is 4.79 Å². The van der Waals surface area contributed by atoms with Gasteiger partial charge in [-0.05, 0) is 61.7 Å². The summed E-state index contributed by atoms with van der Waals surface area (Å²) in [5.41, 5.74) is 3.66. The summed E-state index contributed by atoms with van der Waals surface area (Å²) in [5.74, 6) is 0.420. The van der Waals surface area contributed by atoms with Crippen molar-refractivity contribution in [2.75, 3.05) is 44.2 Å². The minimum absolute atomic E-state index is 0.102. The zero-order valence-electron chi connectivity index (χ0n) is 17.5.